The van der Waals surface area contributed by atoms with Crippen LogP contribution < -0.4 is 4.90 Å². The number of hydrogen-bond donors (Lipinski definition) is 0. The fraction of sp³-hybridized carbons (Fsp3) is 0.579. The van der Waals surface area contributed by atoms with Gasteiger partial charge >= 0.3 is 0 Å². The summed E-state index contributed by atoms with van der Waals surface area (Å²) in [6, 6.07) is 7.64. The monoisotopic (exact) mass is 346 g/mol. The number of likely N-dealkylation sites (tertiary alicyclic amines) is 1. The second-order valence-electron chi connectivity index (χ2n) is 6.64. The van der Waals surface area contributed by atoms with E-state index < -0.39 is 6.10 Å². The summed E-state index contributed by atoms with van der Waals surface area (Å²) in [5, 5.41) is 0. The topological polar surface area (TPSA) is 59.1 Å². The minimum Gasteiger partial charge on any atom is -0.376 e. The highest BCUT2D eigenvalue weighted by Crippen LogP contribution is 2.19. The maximum absolute atomic E-state index is 13.0. The Kier molecular flexibility index (Phi) is 6.04. The van der Waals surface area contributed by atoms with Gasteiger partial charge in [-0.1, -0.05) is 17.7 Å². The number of carbonyl (C=O) groups is 2. The lowest BCUT2D eigenvalue weighted by molar-refractivity contribution is -0.146. The first kappa shape index (κ1) is 17.9. The Hall–Kier alpha value is -1.92. The summed E-state index contributed by atoms with van der Waals surface area (Å²) < 4.78 is 10.9. The third kappa shape index (κ3) is 4.58. The molecule has 1 atom stereocenters. The summed E-state index contributed by atoms with van der Waals surface area (Å²) in [4.78, 5) is 29.0. The van der Waals surface area contributed by atoms with Crippen molar-refractivity contribution in [2.75, 3.05) is 44.4 Å². The van der Waals surface area contributed by atoms with Gasteiger partial charge in [-0.05, 0) is 38.3 Å². The molecule has 6 heteroatoms. The molecule has 2 heterocycles. The number of aryl methyl sites for hydroxylation is 1. The summed E-state index contributed by atoms with van der Waals surface area (Å²) in [5.41, 5.74) is 1.82. The van der Waals surface area contributed by atoms with E-state index in [2.05, 4.69) is 0 Å². The standard InChI is InChI=1S/C19H26N2O4/c1-15-5-7-16(8-6-15)21(19(23)17-14-24-11-12-25-17)13-18(22)20-9-3-2-4-10-20/h5-8,17H,2-4,9-14H2,1H3/t17-/m0/s1. The number of carbonyl (C=O) groups excluding carboxylic acids is 2. The largest absolute Gasteiger partial charge is 0.376 e. The molecule has 0 aliphatic carbocycles. The highest BCUT2D eigenvalue weighted by molar-refractivity contribution is 6.01. The predicted octanol–water partition coefficient (Wildman–Crippen LogP) is 1.76. The Morgan fingerprint density at radius 2 is 1.84 bits per heavy atom. The molecule has 2 aliphatic heterocycles. The summed E-state index contributed by atoms with van der Waals surface area (Å²) in [7, 11) is 0. The minimum atomic E-state index is -0.649. The van der Waals surface area contributed by atoms with Crippen molar-refractivity contribution in [2.45, 2.75) is 32.3 Å². The molecule has 6 nitrogen and oxygen atoms in total. The molecule has 25 heavy (non-hydrogen) atoms. The lowest BCUT2D eigenvalue weighted by atomic mass is 10.1. The van der Waals surface area contributed by atoms with Crippen LogP contribution in [0.3, 0.4) is 0 Å². The highest BCUT2D eigenvalue weighted by atomic mass is 16.6. The molecule has 0 N–H and O–H groups in total. The van der Waals surface area contributed by atoms with Gasteiger partial charge in [0.2, 0.25) is 5.91 Å². The summed E-state index contributed by atoms with van der Waals surface area (Å²) in [6.45, 7) is 4.72. The molecule has 2 aliphatic rings. The second kappa shape index (κ2) is 8.45. The second-order valence-corrected chi connectivity index (χ2v) is 6.64. The highest BCUT2D eigenvalue weighted by Gasteiger charge is 2.31. The lowest BCUT2D eigenvalue weighted by Gasteiger charge is -2.32. The van der Waals surface area contributed by atoms with Crippen LogP contribution in [0.2, 0.25) is 0 Å². The number of piperidine rings is 1. The number of rotatable bonds is 4. The van der Waals surface area contributed by atoms with Gasteiger partial charge in [0.1, 0.15) is 6.54 Å². The quantitative estimate of drug-likeness (QED) is 0.833. The fourth-order valence-electron chi connectivity index (χ4n) is 3.20. The number of amides is 2. The van der Waals surface area contributed by atoms with Gasteiger partial charge in [0.15, 0.2) is 6.10 Å². The van der Waals surface area contributed by atoms with Gasteiger partial charge in [-0.15, -0.1) is 0 Å². The first-order valence-corrected chi connectivity index (χ1v) is 9.00. The van der Waals surface area contributed by atoms with E-state index in [9.17, 15) is 9.59 Å². The van der Waals surface area contributed by atoms with E-state index in [1.807, 2.05) is 36.1 Å². The molecule has 3 rings (SSSR count). The van der Waals surface area contributed by atoms with Crippen LogP contribution >= 0.6 is 0 Å². The van der Waals surface area contributed by atoms with Crippen LogP contribution in [0.25, 0.3) is 0 Å². The van der Waals surface area contributed by atoms with Crippen LogP contribution in [-0.4, -0.2) is 62.3 Å². The molecule has 0 aromatic heterocycles. The summed E-state index contributed by atoms with van der Waals surface area (Å²) in [5.74, 6) is -0.223. The molecule has 0 unspecified atom stereocenters. The zero-order valence-electron chi connectivity index (χ0n) is 14.8. The van der Waals surface area contributed by atoms with Crippen molar-refractivity contribution in [1.29, 1.82) is 0 Å². The molecule has 136 valence electrons. The molecule has 1 aromatic rings. The number of hydrogen-bond acceptors (Lipinski definition) is 4. The van der Waals surface area contributed by atoms with Gasteiger partial charge in [0, 0.05) is 18.8 Å². The van der Waals surface area contributed by atoms with E-state index in [1.54, 1.807) is 0 Å². The molecule has 0 bridgehead atoms. The van der Waals surface area contributed by atoms with Crippen molar-refractivity contribution >= 4 is 17.5 Å². The summed E-state index contributed by atoms with van der Waals surface area (Å²) in [6.07, 6.45) is 2.58. The Morgan fingerprint density at radius 1 is 1.12 bits per heavy atom. The van der Waals surface area contributed by atoms with Crippen LogP contribution in [0.5, 0.6) is 0 Å². The number of nitrogens with zero attached hydrogens (tertiary/aromatic N) is 2. The normalized spacial score (nSPS) is 21.0. The van der Waals surface area contributed by atoms with Crippen LogP contribution in [0.1, 0.15) is 24.8 Å². The fourth-order valence-corrected chi connectivity index (χ4v) is 3.20. The van der Waals surface area contributed by atoms with Crippen molar-refractivity contribution in [3.05, 3.63) is 29.8 Å². The van der Waals surface area contributed by atoms with Crippen LogP contribution in [0.4, 0.5) is 5.69 Å². The zero-order chi connectivity index (χ0) is 17.6. The lowest BCUT2D eigenvalue weighted by Crippen LogP contribution is -2.50. The van der Waals surface area contributed by atoms with Crippen molar-refractivity contribution in [3.63, 3.8) is 0 Å². The maximum Gasteiger partial charge on any atom is 0.259 e. The van der Waals surface area contributed by atoms with Crippen LogP contribution in [-0.2, 0) is 19.1 Å². The van der Waals surface area contributed by atoms with Gasteiger partial charge in [0.25, 0.3) is 5.91 Å². The van der Waals surface area contributed by atoms with E-state index in [4.69, 9.17) is 9.47 Å². The van der Waals surface area contributed by atoms with Gasteiger partial charge < -0.3 is 19.3 Å². The molecule has 2 saturated heterocycles. The first-order valence-electron chi connectivity index (χ1n) is 9.00. The molecule has 1 aromatic carbocycles. The van der Waals surface area contributed by atoms with Gasteiger partial charge in [-0.3, -0.25) is 9.59 Å². The van der Waals surface area contributed by atoms with Gasteiger partial charge in [0.05, 0.1) is 19.8 Å². The Morgan fingerprint density at radius 3 is 2.48 bits per heavy atom. The number of benzene rings is 1. The predicted molar refractivity (Wildman–Crippen MR) is 94.5 cm³/mol. The minimum absolute atomic E-state index is 0.00893. The summed E-state index contributed by atoms with van der Waals surface area (Å²) >= 11 is 0. The third-order valence-electron chi connectivity index (χ3n) is 4.71. The Bertz CT molecular complexity index is 590. The zero-order valence-corrected chi connectivity index (χ0v) is 14.8. The molecule has 0 saturated carbocycles. The third-order valence-corrected chi connectivity index (χ3v) is 4.71. The molecular formula is C19H26N2O4. The van der Waals surface area contributed by atoms with Crippen molar-refractivity contribution in [2.24, 2.45) is 0 Å². The van der Waals surface area contributed by atoms with Crippen molar-refractivity contribution < 1.29 is 19.1 Å². The molecular weight excluding hydrogens is 320 g/mol. The number of ether oxygens (including phenoxy) is 2. The number of anilines is 1. The van der Waals surface area contributed by atoms with E-state index in [-0.39, 0.29) is 25.0 Å². The van der Waals surface area contributed by atoms with E-state index >= 15 is 0 Å². The smallest absolute Gasteiger partial charge is 0.259 e. The molecule has 2 amide bonds. The van der Waals surface area contributed by atoms with E-state index in [1.165, 1.54) is 4.90 Å². The SMILES string of the molecule is Cc1ccc(N(CC(=O)N2CCCCC2)C(=O)[C@@H]2COCCO2)cc1. The van der Waals surface area contributed by atoms with Crippen molar-refractivity contribution in [1.82, 2.24) is 4.90 Å². The first-order chi connectivity index (χ1) is 12.1. The van der Waals surface area contributed by atoms with Gasteiger partial charge in [-0.25, -0.2) is 0 Å². The van der Waals surface area contributed by atoms with E-state index in [0.717, 1.165) is 43.6 Å². The molecule has 2 fully saturated rings. The van der Waals surface area contributed by atoms with Crippen LogP contribution in [0, 0.1) is 6.92 Å². The average molecular weight is 346 g/mol. The Labute approximate surface area is 148 Å². The Balaban J connectivity index is 1.76. The average Bonchev–Trinajstić information content (AvgIpc) is 2.67. The molecule has 0 spiro atoms. The van der Waals surface area contributed by atoms with Crippen molar-refractivity contribution in [3.8, 4) is 0 Å². The maximum atomic E-state index is 13.0. The molecule has 0 radical (unpaired) electrons. The van der Waals surface area contributed by atoms with Gasteiger partial charge in [-0.2, -0.15) is 0 Å². The van der Waals surface area contributed by atoms with Crippen LogP contribution in [0.15, 0.2) is 24.3 Å². The van der Waals surface area contributed by atoms with E-state index in [0.29, 0.717) is 13.2 Å².